The van der Waals surface area contributed by atoms with Crippen molar-refractivity contribution in [3.63, 3.8) is 0 Å². The number of amides is 2. The van der Waals surface area contributed by atoms with Crippen LogP contribution in [0.25, 0.3) is 0 Å². The summed E-state index contributed by atoms with van der Waals surface area (Å²) in [5.74, 6) is -1.93. The van der Waals surface area contributed by atoms with Crippen molar-refractivity contribution < 1.29 is 24.2 Å². The Balaban J connectivity index is 2.67. The van der Waals surface area contributed by atoms with E-state index in [-0.39, 0.29) is 18.9 Å². The second-order valence-corrected chi connectivity index (χ2v) is 6.84. The van der Waals surface area contributed by atoms with Crippen molar-refractivity contribution in [2.45, 2.75) is 52.8 Å². The van der Waals surface area contributed by atoms with Crippen LogP contribution in [0.2, 0.25) is 0 Å². The molecular formula is C20H28N2O5. The number of rotatable bonds is 9. The fourth-order valence-electron chi connectivity index (χ4n) is 2.26. The smallest absolute Gasteiger partial charge is 0.408 e. The maximum atomic E-state index is 12.5. The van der Waals surface area contributed by atoms with Crippen molar-refractivity contribution in [2.24, 2.45) is 5.92 Å². The first kappa shape index (κ1) is 22.2. The average molecular weight is 376 g/mol. The average Bonchev–Trinajstić information content (AvgIpc) is 2.61. The Labute approximate surface area is 159 Å². The molecule has 0 unspecified atom stereocenters. The molecule has 0 aliphatic heterocycles. The molecule has 0 aromatic heterocycles. The van der Waals surface area contributed by atoms with Gasteiger partial charge < -0.3 is 20.5 Å². The lowest BCUT2D eigenvalue weighted by Crippen LogP contribution is -2.53. The van der Waals surface area contributed by atoms with E-state index < -0.39 is 30.1 Å². The van der Waals surface area contributed by atoms with Crippen LogP contribution in [-0.4, -0.2) is 35.2 Å². The third-order valence-electron chi connectivity index (χ3n) is 3.81. The van der Waals surface area contributed by atoms with E-state index in [4.69, 9.17) is 4.74 Å². The molecule has 1 rings (SSSR count). The lowest BCUT2D eigenvalue weighted by atomic mass is 10.0. The number of carbonyl (C=O) groups excluding carboxylic acids is 2. The van der Waals surface area contributed by atoms with E-state index in [0.29, 0.717) is 0 Å². The normalized spacial score (nSPS) is 12.6. The number of benzene rings is 1. The first-order chi connectivity index (χ1) is 12.7. The van der Waals surface area contributed by atoms with Gasteiger partial charge in [-0.25, -0.2) is 9.59 Å². The molecule has 0 bridgehead atoms. The first-order valence-corrected chi connectivity index (χ1v) is 8.84. The van der Waals surface area contributed by atoms with Crippen LogP contribution < -0.4 is 10.6 Å². The number of aliphatic carboxylic acids is 1. The van der Waals surface area contributed by atoms with Crippen LogP contribution in [0.15, 0.2) is 42.0 Å². The van der Waals surface area contributed by atoms with Crippen molar-refractivity contribution >= 4 is 18.0 Å². The standard InChI is InChI=1S/C20H28N2O5/c1-13(2)10-11-16(19(24)25)21-18(23)17(14(3)4)22-20(26)27-12-15-8-6-5-7-9-15/h5-10,14,16-17H,11-12H2,1-4H3,(H,21,23)(H,22,26)(H,24,25)/t16-,17+/m1/s1. The number of hydrogen-bond acceptors (Lipinski definition) is 4. The number of ether oxygens (including phenoxy) is 1. The molecule has 0 spiro atoms. The van der Waals surface area contributed by atoms with E-state index in [1.165, 1.54) is 0 Å². The van der Waals surface area contributed by atoms with Gasteiger partial charge in [-0.2, -0.15) is 0 Å². The largest absolute Gasteiger partial charge is 0.480 e. The summed E-state index contributed by atoms with van der Waals surface area (Å²) in [6.45, 7) is 7.29. The van der Waals surface area contributed by atoms with E-state index >= 15 is 0 Å². The predicted octanol–water partition coefficient (Wildman–Crippen LogP) is 2.86. The molecule has 0 aliphatic carbocycles. The third kappa shape index (κ3) is 8.40. The molecular weight excluding hydrogens is 348 g/mol. The number of allylic oxidation sites excluding steroid dienone is 1. The van der Waals surface area contributed by atoms with E-state index in [1.54, 1.807) is 19.9 Å². The molecule has 0 fully saturated rings. The van der Waals surface area contributed by atoms with Gasteiger partial charge in [-0.1, -0.05) is 55.8 Å². The molecule has 0 aliphatic rings. The Hall–Kier alpha value is -2.83. The van der Waals surface area contributed by atoms with Gasteiger partial charge in [-0.15, -0.1) is 0 Å². The van der Waals surface area contributed by atoms with Crippen LogP contribution in [0.4, 0.5) is 4.79 Å². The number of alkyl carbamates (subject to hydrolysis) is 1. The van der Waals surface area contributed by atoms with Crippen LogP contribution in [0, 0.1) is 5.92 Å². The van der Waals surface area contributed by atoms with Gasteiger partial charge in [-0.05, 0) is 31.7 Å². The summed E-state index contributed by atoms with van der Waals surface area (Å²) in [6, 6.07) is 7.20. The quantitative estimate of drug-likeness (QED) is 0.575. The van der Waals surface area contributed by atoms with Gasteiger partial charge in [0.15, 0.2) is 0 Å². The Morgan fingerprint density at radius 3 is 2.26 bits per heavy atom. The molecule has 2 amide bonds. The summed E-state index contributed by atoms with van der Waals surface area (Å²) < 4.78 is 5.13. The highest BCUT2D eigenvalue weighted by Gasteiger charge is 2.28. The van der Waals surface area contributed by atoms with Gasteiger partial charge in [0.1, 0.15) is 18.7 Å². The van der Waals surface area contributed by atoms with Crippen molar-refractivity contribution in [3.8, 4) is 0 Å². The van der Waals surface area contributed by atoms with Gasteiger partial charge in [0.05, 0.1) is 0 Å². The van der Waals surface area contributed by atoms with Crippen molar-refractivity contribution in [2.75, 3.05) is 0 Å². The molecule has 7 heteroatoms. The number of hydrogen-bond donors (Lipinski definition) is 3. The van der Waals surface area contributed by atoms with Crippen LogP contribution >= 0.6 is 0 Å². The summed E-state index contributed by atoms with van der Waals surface area (Å²) in [5, 5.41) is 14.3. The highest BCUT2D eigenvalue weighted by molar-refractivity contribution is 5.89. The monoisotopic (exact) mass is 376 g/mol. The molecule has 0 heterocycles. The van der Waals surface area contributed by atoms with Gasteiger partial charge in [-0.3, -0.25) is 4.79 Å². The highest BCUT2D eigenvalue weighted by atomic mass is 16.5. The molecule has 1 aromatic rings. The van der Waals surface area contributed by atoms with Crippen molar-refractivity contribution in [1.29, 1.82) is 0 Å². The Bertz CT molecular complexity index is 666. The SMILES string of the molecule is CC(C)=CC[C@@H](NC(=O)[C@@H](NC(=O)OCc1ccccc1)C(C)C)C(=O)O. The Kier molecular flexibility index (Phi) is 9.05. The van der Waals surface area contributed by atoms with Crippen LogP contribution in [0.1, 0.15) is 39.7 Å². The molecule has 3 N–H and O–H groups in total. The van der Waals surface area contributed by atoms with Crippen molar-refractivity contribution in [3.05, 3.63) is 47.5 Å². The molecule has 1 aromatic carbocycles. The molecule has 148 valence electrons. The van der Waals surface area contributed by atoms with E-state index in [2.05, 4.69) is 10.6 Å². The van der Waals surface area contributed by atoms with E-state index in [1.807, 2.05) is 44.2 Å². The predicted molar refractivity (Wildman–Crippen MR) is 102 cm³/mol. The summed E-state index contributed by atoms with van der Waals surface area (Å²) in [4.78, 5) is 35.9. The fourth-order valence-corrected chi connectivity index (χ4v) is 2.26. The zero-order valence-electron chi connectivity index (χ0n) is 16.2. The number of carboxylic acid groups (broad SMARTS) is 1. The summed E-state index contributed by atoms with van der Waals surface area (Å²) in [7, 11) is 0. The summed E-state index contributed by atoms with van der Waals surface area (Å²) >= 11 is 0. The molecule has 0 radical (unpaired) electrons. The maximum absolute atomic E-state index is 12.5. The van der Waals surface area contributed by atoms with Crippen LogP contribution in [-0.2, 0) is 20.9 Å². The third-order valence-corrected chi connectivity index (χ3v) is 3.81. The molecule has 7 nitrogen and oxygen atoms in total. The van der Waals surface area contributed by atoms with Crippen LogP contribution in [0.3, 0.4) is 0 Å². The zero-order valence-corrected chi connectivity index (χ0v) is 16.2. The minimum atomic E-state index is -1.13. The van der Waals surface area contributed by atoms with Gasteiger partial charge >= 0.3 is 12.1 Å². The van der Waals surface area contributed by atoms with Gasteiger partial charge in [0, 0.05) is 0 Å². The minimum absolute atomic E-state index is 0.0808. The van der Waals surface area contributed by atoms with Crippen LogP contribution in [0.5, 0.6) is 0 Å². The molecule has 27 heavy (non-hydrogen) atoms. The topological polar surface area (TPSA) is 105 Å². The lowest BCUT2D eigenvalue weighted by Gasteiger charge is -2.23. The molecule has 0 saturated heterocycles. The Morgan fingerprint density at radius 2 is 1.74 bits per heavy atom. The lowest BCUT2D eigenvalue weighted by molar-refractivity contribution is -0.142. The van der Waals surface area contributed by atoms with Gasteiger partial charge in [0.2, 0.25) is 5.91 Å². The molecule has 0 saturated carbocycles. The van der Waals surface area contributed by atoms with E-state index in [9.17, 15) is 19.5 Å². The van der Waals surface area contributed by atoms with Crippen molar-refractivity contribution in [1.82, 2.24) is 10.6 Å². The Morgan fingerprint density at radius 1 is 1.11 bits per heavy atom. The summed E-state index contributed by atoms with van der Waals surface area (Å²) in [6.07, 6.45) is 1.18. The number of carboxylic acids is 1. The zero-order chi connectivity index (χ0) is 20.4. The summed E-state index contributed by atoms with van der Waals surface area (Å²) in [5.41, 5.74) is 1.78. The minimum Gasteiger partial charge on any atom is -0.480 e. The maximum Gasteiger partial charge on any atom is 0.408 e. The second-order valence-electron chi connectivity index (χ2n) is 6.84. The van der Waals surface area contributed by atoms with Gasteiger partial charge in [0.25, 0.3) is 0 Å². The first-order valence-electron chi connectivity index (χ1n) is 8.84. The second kappa shape index (κ2) is 11.0. The molecule has 2 atom stereocenters. The number of nitrogens with one attached hydrogen (secondary N) is 2. The van der Waals surface area contributed by atoms with E-state index in [0.717, 1.165) is 11.1 Å². The highest BCUT2D eigenvalue weighted by Crippen LogP contribution is 2.07. The number of carbonyl (C=O) groups is 3. The fraction of sp³-hybridized carbons (Fsp3) is 0.450.